The first-order valence-corrected chi connectivity index (χ1v) is 8.28. The second-order valence-electron chi connectivity index (χ2n) is 4.88. The summed E-state index contributed by atoms with van der Waals surface area (Å²) in [5, 5.41) is 12.2. The van der Waals surface area contributed by atoms with Gasteiger partial charge in [0.15, 0.2) is 0 Å². The van der Waals surface area contributed by atoms with Crippen molar-refractivity contribution in [3.05, 3.63) is 35.4 Å². The van der Waals surface area contributed by atoms with Crippen LogP contribution in [0.4, 0.5) is 0 Å². The van der Waals surface area contributed by atoms with Gasteiger partial charge in [0.2, 0.25) is 10.0 Å². The highest BCUT2D eigenvalue weighted by Crippen LogP contribution is 2.10. The van der Waals surface area contributed by atoms with Gasteiger partial charge in [-0.1, -0.05) is 32.0 Å². The number of sulfonamides is 1. The molecule has 1 aromatic rings. The van der Waals surface area contributed by atoms with Crippen LogP contribution in [0.2, 0.25) is 0 Å². The molecule has 6 heteroatoms. The SMILES string of the molecule is CC(C)NCCCNS(=O)(=O)Cc1ccccc1C#N. The number of nitrogens with zero attached hydrogens (tertiary/aromatic N) is 1. The summed E-state index contributed by atoms with van der Waals surface area (Å²) in [5.74, 6) is -0.158. The highest BCUT2D eigenvalue weighted by atomic mass is 32.2. The summed E-state index contributed by atoms with van der Waals surface area (Å²) >= 11 is 0. The Bertz CT molecular complexity index is 562. The highest BCUT2D eigenvalue weighted by molar-refractivity contribution is 7.88. The average molecular weight is 295 g/mol. The van der Waals surface area contributed by atoms with Crippen LogP contribution in [0.3, 0.4) is 0 Å². The molecule has 0 bridgehead atoms. The molecule has 0 spiro atoms. The minimum Gasteiger partial charge on any atom is -0.314 e. The Morgan fingerprint density at radius 1 is 1.25 bits per heavy atom. The molecule has 1 rings (SSSR count). The van der Waals surface area contributed by atoms with E-state index in [1.165, 1.54) is 0 Å². The second kappa shape index (κ2) is 8.00. The molecular formula is C14H21N3O2S. The van der Waals surface area contributed by atoms with Crippen LogP contribution < -0.4 is 10.0 Å². The zero-order valence-corrected chi connectivity index (χ0v) is 12.7. The molecule has 0 aliphatic rings. The molecular weight excluding hydrogens is 274 g/mol. The van der Waals surface area contributed by atoms with Gasteiger partial charge in [-0.05, 0) is 24.6 Å². The van der Waals surface area contributed by atoms with Crippen LogP contribution in [-0.4, -0.2) is 27.5 Å². The minimum atomic E-state index is -3.40. The molecule has 2 N–H and O–H groups in total. The molecule has 110 valence electrons. The number of hydrogen-bond acceptors (Lipinski definition) is 4. The average Bonchev–Trinajstić information content (AvgIpc) is 2.38. The van der Waals surface area contributed by atoms with Crippen LogP contribution in [0, 0.1) is 11.3 Å². The predicted molar refractivity (Wildman–Crippen MR) is 79.5 cm³/mol. The van der Waals surface area contributed by atoms with Crippen LogP contribution in [-0.2, 0) is 15.8 Å². The second-order valence-corrected chi connectivity index (χ2v) is 6.69. The molecule has 20 heavy (non-hydrogen) atoms. The van der Waals surface area contributed by atoms with Crippen molar-refractivity contribution in [1.29, 1.82) is 5.26 Å². The van der Waals surface area contributed by atoms with Crippen molar-refractivity contribution >= 4 is 10.0 Å². The Kier molecular flexibility index (Phi) is 6.65. The van der Waals surface area contributed by atoms with Crippen LogP contribution in [0.1, 0.15) is 31.4 Å². The number of nitrogens with one attached hydrogen (secondary N) is 2. The molecule has 0 aromatic heterocycles. The molecule has 0 heterocycles. The topological polar surface area (TPSA) is 82.0 Å². The summed E-state index contributed by atoms with van der Waals surface area (Å²) in [5.41, 5.74) is 0.933. The lowest BCUT2D eigenvalue weighted by Gasteiger charge is -2.09. The Morgan fingerprint density at radius 2 is 1.95 bits per heavy atom. The van der Waals surface area contributed by atoms with Gasteiger partial charge >= 0.3 is 0 Å². The summed E-state index contributed by atoms with van der Waals surface area (Å²) in [6.07, 6.45) is 0.733. The van der Waals surface area contributed by atoms with Gasteiger partial charge in [-0.25, -0.2) is 13.1 Å². The largest absolute Gasteiger partial charge is 0.314 e. The first-order valence-electron chi connectivity index (χ1n) is 6.63. The van der Waals surface area contributed by atoms with Gasteiger partial charge in [0, 0.05) is 12.6 Å². The Balaban J connectivity index is 2.48. The van der Waals surface area contributed by atoms with E-state index in [0.717, 1.165) is 13.0 Å². The Hall–Kier alpha value is -1.42. The molecule has 0 atom stereocenters. The molecule has 0 unspecified atom stereocenters. The van der Waals surface area contributed by atoms with Gasteiger partial charge in [0.1, 0.15) is 0 Å². The third-order valence-electron chi connectivity index (χ3n) is 2.71. The molecule has 1 aromatic carbocycles. The van der Waals surface area contributed by atoms with Gasteiger partial charge in [-0.3, -0.25) is 0 Å². The van der Waals surface area contributed by atoms with Crippen molar-refractivity contribution < 1.29 is 8.42 Å². The molecule has 0 aliphatic carbocycles. The Morgan fingerprint density at radius 3 is 2.60 bits per heavy atom. The molecule has 5 nitrogen and oxygen atoms in total. The van der Waals surface area contributed by atoms with Crippen LogP contribution in [0.15, 0.2) is 24.3 Å². The number of benzene rings is 1. The maximum atomic E-state index is 11.9. The smallest absolute Gasteiger partial charge is 0.215 e. The van der Waals surface area contributed by atoms with Crippen molar-refractivity contribution in [2.75, 3.05) is 13.1 Å². The van der Waals surface area contributed by atoms with E-state index >= 15 is 0 Å². The van der Waals surface area contributed by atoms with E-state index < -0.39 is 10.0 Å². The van der Waals surface area contributed by atoms with Crippen molar-refractivity contribution in [2.45, 2.75) is 32.1 Å². The normalized spacial score (nSPS) is 11.5. The van der Waals surface area contributed by atoms with Crippen LogP contribution in [0.25, 0.3) is 0 Å². The van der Waals surface area contributed by atoms with Gasteiger partial charge in [-0.2, -0.15) is 5.26 Å². The van der Waals surface area contributed by atoms with Gasteiger partial charge in [0.25, 0.3) is 0 Å². The summed E-state index contributed by atoms with van der Waals surface area (Å²) in [4.78, 5) is 0. The number of rotatable bonds is 8. The lowest BCUT2D eigenvalue weighted by atomic mass is 10.1. The van der Waals surface area contributed by atoms with Crippen molar-refractivity contribution in [1.82, 2.24) is 10.0 Å². The van der Waals surface area contributed by atoms with E-state index in [4.69, 9.17) is 5.26 Å². The standard InChI is InChI=1S/C14H21N3O2S/c1-12(2)16-8-5-9-17-20(18,19)11-14-7-4-3-6-13(14)10-15/h3-4,6-7,12,16-17H,5,8-9,11H2,1-2H3. The Labute approximate surface area is 121 Å². The summed E-state index contributed by atoms with van der Waals surface area (Å²) in [6, 6.07) is 9.15. The van der Waals surface area contributed by atoms with Gasteiger partial charge in [-0.15, -0.1) is 0 Å². The van der Waals surface area contributed by atoms with Crippen LogP contribution in [0.5, 0.6) is 0 Å². The van der Waals surface area contributed by atoms with E-state index in [-0.39, 0.29) is 5.75 Å². The van der Waals surface area contributed by atoms with Crippen molar-refractivity contribution in [3.63, 3.8) is 0 Å². The van der Waals surface area contributed by atoms with Gasteiger partial charge in [0.05, 0.1) is 17.4 Å². The molecule has 0 fully saturated rings. The molecule has 0 amide bonds. The first-order chi connectivity index (χ1) is 9.44. The van der Waals surface area contributed by atoms with E-state index in [2.05, 4.69) is 10.0 Å². The van der Waals surface area contributed by atoms with E-state index in [1.807, 2.05) is 19.9 Å². The van der Waals surface area contributed by atoms with E-state index in [0.29, 0.717) is 23.7 Å². The number of hydrogen-bond donors (Lipinski definition) is 2. The third kappa shape index (κ3) is 6.15. The first kappa shape index (κ1) is 16.6. The minimum absolute atomic E-state index is 0.158. The molecule has 0 saturated heterocycles. The molecule has 0 aliphatic heterocycles. The summed E-state index contributed by atoms with van der Waals surface area (Å²) in [6.45, 7) is 5.26. The summed E-state index contributed by atoms with van der Waals surface area (Å²) in [7, 11) is -3.40. The maximum Gasteiger partial charge on any atom is 0.215 e. The fourth-order valence-corrected chi connectivity index (χ4v) is 2.94. The lowest BCUT2D eigenvalue weighted by Crippen LogP contribution is -2.30. The van der Waals surface area contributed by atoms with E-state index in [1.54, 1.807) is 24.3 Å². The van der Waals surface area contributed by atoms with Crippen molar-refractivity contribution in [2.24, 2.45) is 0 Å². The fraction of sp³-hybridized carbons (Fsp3) is 0.500. The highest BCUT2D eigenvalue weighted by Gasteiger charge is 2.13. The molecule has 0 saturated carbocycles. The number of nitriles is 1. The van der Waals surface area contributed by atoms with E-state index in [9.17, 15) is 8.42 Å². The molecule has 0 radical (unpaired) electrons. The van der Waals surface area contributed by atoms with Gasteiger partial charge < -0.3 is 5.32 Å². The quantitative estimate of drug-likeness (QED) is 0.710. The predicted octanol–water partition coefficient (Wildman–Crippen LogP) is 1.37. The van der Waals surface area contributed by atoms with Crippen LogP contribution >= 0.6 is 0 Å². The lowest BCUT2D eigenvalue weighted by molar-refractivity contribution is 0.554. The zero-order chi connectivity index (χ0) is 15.0. The fourth-order valence-electron chi connectivity index (χ4n) is 1.72. The third-order valence-corrected chi connectivity index (χ3v) is 4.05. The maximum absolute atomic E-state index is 11.9. The monoisotopic (exact) mass is 295 g/mol. The van der Waals surface area contributed by atoms with Crippen molar-refractivity contribution in [3.8, 4) is 6.07 Å². The zero-order valence-electron chi connectivity index (χ0n) is 11.9. The summed E-state index contributed by atoms with van der Waals surface area (Å²) < 4.78 is 26.4.